The van der Waals surface area contributed by atoms with Gasteiger partial charge in [-0.1, -0.05) is 19.1 Å². The molecule has 0 radical (unpaired) electrons. The van der Waals surface area contributed by atoms with E-state index in [1.165, 1.54) is 6.42 Å². The fraction of sp³-hybridized carbons (Fsp3) is 0.700. The normalized spacial score (nSPS) is 46.7. The monoisotopic (exact) mass is 150 g/mol. The van der Waals surface area contributed by atoms with Crippen molar-refractivity contribution in [3.8, 4) is 0 Å². The van der Waals surface area contributed by atoms with Gasteiger partial charge in [0, 0.05) is 5.92 Å². The van der Waals surface area contributed by atoms with Crippen LogP contribution >= 0.6 is 0 Å². The second kappa shape index (κ2) is 2.20. The van der Waals surface area contributed by atoms with Crippen molar-refractivity contribution in [1.29, 1.82) is 0 Å². The van der Waals surface area contributed by atoms with Crippen LogP contribution in [0.4, 0.5) is 0 Å². The third kappa shape index (κ3) is 0.867. The van der Waals surface area contributed by atoms with E-state index in [1.54, 1.807) is 6.92 Å². The van der Waals surface area contributed by atoms with E-state index in [9.17, 15) is 4.79 Å². The number of ketones is 1. The zero-order valence-corrected chi connectivity index (χ0v) is 7.08. The van der Waals surface area contributed by atoms with Crippen LogP contribution < -0.4 is 0 Å². The van der Waals surface area contributed by atoms with Crippen molar-refractivity contribution in [2.24, 2.45) is 23.7 Å². The van der Waals surface area contributed by atoms with Gasteiger partial charge >= 0.3 is 0 Å². The molecule has 0 aromatic carbocycles. The van der Waals surface area contributed by atoms with Gasteiger partial charge in [-0.25, -0.2) is 0 Å². The molecule has 0 aromatic heterocycles. The third-order valence-electron chi connectivity index (χ3n) is 3.32. The van der Waals surface area contributed by atoms with Crippen LogP contribution in [0.5, 0.6) is 0 Å². The Bertz CT molecular complexity index is 217. The van der Waals surface area contributed by atoms with Gasteiger partial charge in [0.25, 0.3) is 0 Å². The first-order valence-electron chi connectivity index (χ1n) is 4.39. The second-order valence-corrected chi connectivity index (χ2v) is 3.94. The van der Waals surface area contributed by atoms with Crippen molar-refractivity contribution in [3.05, 3.63) is 12.2 Å². The highest BCUT2D eigenvalue weighted by Gasteiger charge is 2.43. The molecule has 11 heavy (non-hydrogen) atoms. The standard InChI is InChI=1S/C10H14O/c1-6-8-3-4-9(5-8)10(6)7(2)11/h3-4,6,8-10H,5H2,1-2H3. The Hall–Kier alpha value is -0.590. The average Bonchev–Trinajstić information content (AvgIpc) is 2.44. The van der Waals surface area contributed by atoms with E-state index >= 15 is 0 Å². The molecule has 0 spiro atoms. The van der Waals surface area contributed by atoms with Crippen molar-refractivity contribution in [2.45, 2.75) is 20.3 Å². The molecule has 4 unspecified atom stereocenters. The summed E-state index contributed by atoms with van der Waals surface area (Å²) in [4.78, 5) is 11.2. The second-order valence-electron chi connectivity index (χ2n) is 3.94. The minimum Gasteiger partial charge on any atom is -0.300 e. The van der Waals surface area contributed by atoms with Gasteiger partial charge in [-0.15, -0.1) is 0 Å². The van der Waals surface area contributed by atoms with Crippen LogP contribution in [-0.4, -0.2) is 5.78 Å². The molecule has 0 aliphatic heterocycles. The molecule has 0 N–H and O–H groups in total. The number of fused-ring (bicyclic) bond motifs is 2. The molecule has 1 fully saturated rings. The lowest BCUT2D eigenvalue weighted by molar-refractivity contribution is -0.122. The highest BCUT2D eigenvalue weighted by Crippen LogP contribution is 2.47. The van der Waals surface area contributed by atoms with Crippen molar-refractivity contribution in [3.63, 3.8) is 0 Å². The molecule has 1 nitrogen and oxygen atoms in total. The van der Waals surface area contributed by atoms with Gasteiger partial charge in [-0.05, 0) is 31.1 Å². The highest BCUT2D eigenvalue weighted by molar-refractivity contribution is 5.80. The van der Waals surface area contributed by atoms with E-state index in [1.807, 2.05) is 0 Å². The Morgan fingerprint density at radius 1 is 1.36 bits per heavy atom. The smallest absolute Gasteiger partial charge is 0.133 e. The van der Waals surface area contributed by atoms with Gasteiger partial charge in [0.2, 0.25) is 0 Å². The largest absolute Gasteiger partial charge is 0.300 e. The number of hydrogen-bond donors (Lipinski definition) is 0. The Morgan fingerprint density at radius 2 is 2.00 bits per heavy atom. The van der Waals surface area contributed by atoms with Crippen LogP contribution in [-0.2, 0) is 4.79 Å². The molecular weight excluding hydrogens is 136 g/mol. The molecule has 1 saturated carbocycles. The maximum atomic E-state index is 11.2. The van der Waals surface area contributed by atoms with E-state index in [2.05, 4.69) is 19.1 Å². The summed E-state index contributed by atoms with van der Waals surface area (Å²) in [5.41, 5.74) is 0. The van der Waals surface area contributed by atoms with Crippen LogP contribution in [0.15, 0.2) is 12.2 Å². The molecule has 4 atom stereocenters. The molecule has 0 heterocycles. The lowest BCUT2D eigenvalue weighted by Gasteiger charge is -2.21. The van der Waals surface area contributed by atoms with Crippen LogP contribution in [0.3, 0.4) is 0 Å². The van der Waals surface area contributed by atoms with Crippen LogP contribution in [0.25, 0.3) is 0 Å². The SMILES string of the molecule is CC(=O)C1C2C=CC(C2)C1C. The van der Waals surface area contributed by atoms with Crippen molar-refractivity contribution < 1.29 is 4.79 Å². The van der Waals surface area contributed by atoms with Gasteiger partial charge < -0.3 is 0 Å². The molecule has 60 valence electrons. The Balaban J connectivity index is 2.25. The lowest BCUT2D eigenvalue weighted by Crippen LogP contribution is -2.23. The number of rotatable bonds is 1. The van der Waals surface area contributed by atoms with Gasteiger partial charge in [-0.3, -0.25) is 4.79 Å². The van der Waals surface area contributed by atoms with Crippen LogP contribution in [0.1, 0.15) is 20.3 Å². The summed E-state index contributed by atoms with van der Waals surface area (Å²) in [6, 6.07) is 0. The maximum Gasteiger partial charge on any atom is 0.133 e. The van der Waals surface area contributed by atoms with E-state index in [-0.39, 0.29) is 0 Å². The van der Waals surface area contributed by atoms with E-state index in [4.69, 9.17) is 0 Å². The topological polar surface area (TPSA) is 17.1 Å². The molecule has 2 aliphatic carbocycles. The summed E-state index contributed by atoms with van der Waals surface area (Å²) in [7, 11) is 0. The fourth-order valence-electron chi connectivity index (χ4n) is 2.74. The number of Topliss-reactive ketones (excluding diaryl/α,β-unsaturated/α-hetero) is 1. The molecule has 1 heteroatoms. The molecule has 2 bridgehead atoms. The Labute approximate surface area is 67.5 Å². The van der Waals surface area contributed by atoms with E-state index < -0.39 is 0 Å². The Kier molecular flexibility index (Phi) is 1.41. The zero-order chi connectivity index (χ0) is 8.01. The number of carbonyl (C=O) groups excluding carboxylic acids is 1. The van der Waals surface area contributed by atoms with E-state index in [0.29, 0.717) is 29.5 Å². The van der Waals surface area contributed by atoms with E-state index in [0.717, 1.165) is 0 Å². The van der Waals surface area contributed by atoms with Gasteiger partial charge in [0.1, 0.15) is 5.78 Å². The average molecular weight is 150 g/mol. The molecule has 2 rings (SSSR count). The van der Waals surface area contributed by atoms with Crippen LogP contribution in [0, 0.1) is 23.7 Å². The lowest BCUT2D eigenvalue weighted by atomic mass is 9.82. The quantitative estimate of drug-likeness (QED) is 0.523. The summed E-state index contributed by atoms with van der Waals surface area (Å²) in [6.45, 7) is 3.94. The molecule has 0 saturated heterocycles. The van der Waals surface area contributed by atoms with Crippen molar-refractivity contribution in [1.82, 2.24) is 0 Å². The highest BCUT2D eigenvalue weighted by atomic mass is 16.1. The minimum atomic E-state index is 0.338. The Morgan fingerprint density at radius 3 is 2.36 bits per heavy atom. The van der Waals surface area contributed by atoms with Crippen molar-refractivity contribution >= 4 is 5.78 Å². The summed E-state index contributed by atoms with van der Waals surface area (Å²) in [5, 5.41) is 0. The zero-order valence-electron chi connectivity index (χ0n) is 7.08. The molecular formula is C10H14O. The fourth-order valence-corrected chi connectivity index (χ4v) is 2.74. The summed E-state index contributed by atoms with van der Waals surface area (Å²) < 4.78 is 0. The molecule has 0 aromatic rings. The molecule has 2 aliphatic rings. The summed E-state index contributed by atoms with van der Waals surface area (Å²) >= 11 is 0. The van der Waals surface area contributed by atoms with Crippen LogP contribution in [0.2, 0.25) is 0 Å². The number of carbonyl (C=O) groups is 1. The number of hydrogen-bond acceptors (Lipinski definition) is 1. The van der Waals surface area contributed by atoms with Crippen molar-refractivity contribution in [2.75, 3.05) is 0 Å². The van der Waals surface area contributed by atoms with Gasteiger partial charge in [-0.2, -0.15) is 0 Å². The summed E-state index contributed by atoms with van der Waals surface area (Å²) in [5.74, 6) is 2.60. The predicted molar refractivity (Wildman–Crippen MR) is 44.1 cm³/mol. The number of allylic oxidation sites excluding steroid dienone is 2. The van der Waals surface area contributed by atoms with Gasteiger partial charge in [0.15, 0.2) is 0 Å². The van der Waals surface area contributed by atoms with Gasteiger partial charge in [0.05, 0.1) is 0 Å². The minimum absolute atomic E-state index is 0.338. The first-order valence-corrected chi connectivity index (χ1v) is 4.39. The first-order chi connectivity index (χ1) is 5.20. The maximum absolute atomic E-state index is 11.2. The summed E-state index contributed by atoms with van der Waals surface area (Å²) in [6.07, 6.45) is 5.75. The first kappa shape index (κ1) is 7.08. The molecule has 0 amide bonds. The predicted octanol–water partition coefficient (Wildman–Crippen LogP) is 2.03. The third-order valence-corrected chi connectivity index (χ3v) is 3.32.